The van der Waals surface area contributed by atoms with Crippen LogP contribution in [0.3, 0.4) is 0 Å². The van der Waals surface area contributed by atoms with Crippen molar-refractivity contribution in [2.24, 2.45) is 5.73 Å². The second-order valence-corrected chi connectivity index (χ2v) is 3.75. The van der Waals surface area contributed by atoms with Crippen LogP contribution in [0, 0.1) is 0 Å². The number of rotatable bonds is 2. The number of carbonyl (C=O) groups is 1. The third kappa shape index (κ3) is 1.92. The number of nitrogens with one attached hydrogen (secondary N) is 1. The van der Waals surface area contributed by atoms with Gasteiger partial charge < -0.3 is 11.1 Å². The van der Waals surface area contributed by atoms with Crippen LogP contribution in [0.4, 0.5) is 0 Å². The summed E-state index contributed by atoms with van der Waals surface area (Å²) in [6.45, 7) is 5.57. The van der Waals surface area contributed by atoms with Crippen molar-refractivity contribution in [3.8, 4) is 0 Å². The second-order valence-electron chi connectivity index (χ2n) is 3.75. The highest BCUT2D eigenvalue weighted by Gasteiger charge is 2.11. The third-order valence-electron chi connectivity index (χ3n) is 2.74. The van der Waals surface area contributed by atoms with Crippen LogP contribution in [-0.2, 0) is 17.8 Å². The van der Waals surface area contributed by atoms with Crippen LogP contribution >= 0.6 is 0 Å². The normalized spacial score (nSPS) is 14.4. The molecule has 0 aliphatic carbocycles. The van der Waals surface area contributed by atoms with Crippen LogP contribution in [0.5, 0.6) is 0 Å². The molecule has 0 unspecified atom stereocenters. The van der Waals surface area contributed by atoms with Gasteiger partial charge in [-0.15, -0.1) is 0 Å². The van der Waals surface area contributed by atoms with Crippen molar-refractivity contribution in [3.63, 3.8) is 0 Å². The van der Waals surface area contributed by atoms with E-state index in [1.807, 2.05) is 18.2 Å². The number of primary amides is 1. The number of fused-ring (bicyclic) bond motifs is 1. The van der Waals surface area contributed by atoms with Crippen LogP contribution in [0.25, 0.3) is 5.57 Å². The van der Waals surface area contributed by atoms with Crippen LogP contribution in [-0.4, -0.2) is 12.5 Å². The molecule has 15 heavy (non-hydrogen) atoms. The maximum atomic E-state index is 11.0. The highest BCUT2D eigenvalue weighted by molar-refractivity contribution is 6.17. The molecule has 0 aromatic heterocycles. The molecule has 0 bridgehead atoms. The minimum atomic E-state index is -0.455. The predicted molar refractivity (Wildman–Crippen MR) is 60.1 cm³/mol. The van der Waals surface area contributed by atoms with Gasteiger partial charge in [-0.05, 0) is 29.7 Å². The molecule has 1 aliphatic heterocycles. The van der Waals surface area contributed by atoms with Gasteiger partial charge in [0.15, 0.2) is 0 Å². The molecule has 1 aromatic rings. The van der Waals surface area contributed by atoms with Gasteiger partial charge in [-0.1, -0.05) is 24.8 Å². The van der Waals surface area contributed by atoms with E-state index in [2.05, 4.69) is 11.9 Å². The lowest BCUT2D eigenvalue weighted by atomic mass is 9.96. The molecule has 0 spiro atoms. The highest BCUT2D eigenvalue weighted by Crippen LogP contribution is 2.19. The van der Waals surface area contributed by atoms with Crippen molar-refractivity contribution in [1.29, 1.82) is 0 Å². The Hall–Kier alpha value is -1.61. The third-order valence-corrected chi connectivity index (χ3v) is 2.74. The Kier molecular flexibility index (Phi) is 2.56. The van der Waals surface area contributed by atoms with Gasteiger partial charge >= 0.3 is 0 Å². The lowest BCUT2D eigenvalue weighted by Gasteiger charge is -2.17. The lowest BCUT2D eigenvalue weighted by Crippen LogP contribution is -2.23. The molecule has 1 aromatic carbocycles. The molecule has 3 nitrogen and oxygen atoms in total. The first kappa shape index (κ1) is 9.93. The number of benzene rings is 1. The fraction of sp³-hybridized carbons (Fsp3) is 0.250. The van der Waals surface area contributed by atoms with Gasteiger partial charge in [-0.2, -0.15) is 0 Å². The van der Waals surface area contributed by atoms with Crippen LogP contribution < -0.4 is 11.1 Å². The van der Waals surface area contributed by atoms with Crippen LogP contribution in [0.15, 0.2) is 24.8 Å². The first-order valence-corrected chi connectivity index (χ1v) is 5.00. The standard InChI is InChI=1S/C12H14N2O/c1-8(12(13)15)9-2-3-11-7-14-5-4-10(11)6-9/h2-3,6,14H,1,4-5,7H2,(H2,13,15). The summed E-state index contributed by atoms with van der Waals surface area (Å²) in [6.07, 6.45) is 0.995. The van der Waals surface area contributed by atoms with Crippen molar-refractivity contribution in [1.82, 2.24) is 5.32 Å². The second kappa shape index (κ2) is 3.87. The molecule has 1 amide bonds. The van der Waals surface area contributed by atoms with E-state index in [-0.39, 0.29) is 0 Å². The van der Waals surface area contributed by atoms with Crippen molar-refractivity contribution < 1.29 is 4.79 Å². The SMILES string of the molecule is C=C(C(N)=O)c1ccc2c(c1)CCNC2. The predicted octanol–water partition coefficient (Wildman–Crippen LogP) is 0.831. The van der Waals surface area contributed by atoms with E-state index in [9.17, 15) is 4.79 Å². The lowest BCUT2D eigenvalue weighted by molar-refractivity contribution is -0.112. The Morgan fingerprint density at radius 3 is 2.93 bits per heavy atom. The molecule has 78 valence electrons. The van der Waals surface area contributed by atoms with E-state index in [1.165, 1.54) is 11.1 Å². The zero-order chi connectivity index (χ0) is 10.8. The largest absolute Gasteiger partial charge is 0.366 e. The molecule has 3 heteroatoms. The average Bonchev–Trinajstić information content (AvgIpc) is 2.27. The topological polar surface area (TPSA) is 55.1 Å². The molecule has 2 rings (SSSR count). The minimum Gasteiger partial charge on any atom is -0.366 e. The number of hydrogen-bond acceptors (Lipinski definition) is 2. The van der Waals surface area contributed by atoms with E-state index in [0.717, 1.165) is 25.1 Å². The summed E-state index contributed by atoms with van der Waals surface area (Å²) in [4.78, 5) is 11.0. The Bertz CT molecular complexity index is 424. The number of amides is 1. The fourth-order valence-electron chi connectivity index (χ4n) is 1.81. The van der Waals surface area contributed by atoms with Gasteiger partial charge in [-0.3, -0.25) is 4.79 Å². The molecule has 0 radical (unpaired) electrons. The summed E-state index contributed by atoms with van der Waals surface area (Å²) >= 11 is 0. The monoisotopic (exact) mass is 202 g/mol. The molecule has 3 N–H and O–H groups in total. The highest BCUT2D eigenvalue weighted by atomic mass is 16.1. The summed E-state index contributed by atoms with van der Waals surface area (Å²) in [7, 11) is 0. The van der Waals surface area contributed by atoms with Gasteiger partial charge in [0.1, 0.15) is 0 Å². The molecular weight excluding hydrogens is 188 g/mol. The molecule has 0 fully saturated rings. The Morgan fingerprint density at radius 2 is 2.20 bits per heavy atom. The van der Waals surface area contributed by atoms with Gasteiger partial charge in [0.05, 0.1) is 0 Å². The quantitative estimate of drug-likeness (QED) is 0.698. The van der Waals surface area contributed by atoms with Gasteiger partial charge in [0, 0.05) is 12.1 Å². The van der Waals surface area contributed by atoms with Crippen LogP contribution in [0.1, 0.15) is 16.7 Å². The molecule has 0 atom stereocenters. The van der Waals surface area contributed by atoms with Crippen molar-refractivity contribution >= 4 is 11.5 Å². The van der Waals surface area contributed by atoms with E-state index >= 15 is 0 Å². The Labute approximate surface area is 89.0 Å². The first-order valence-electron chi connectivity index (χ1n) is 5.00. The van der Waals surface area contributed by atoms with Crippen LogP contribution in [0.2, 0.25) is 0 Å². The summed E-state index contributed by atoms with van der Waals surface area (Å²) in [5, 5.41) is 3.30. The minimum absolute atomic E-state index is 0.385. The maximum Gasteiger partial charge on any atom is 0.248 e. The van der Waals surface area contributed by atoms with Gasteiger partial charge in [0.25, 0.3) is 0 Å². The summed E-state index contributed by atoms with van der Waals surface area (Å²) in [6, 6.07) is 5.95. The number of carbonyl (C=O) groups excluding carboxylic acids is 1. The molecule has 1 aliphatic rings. The smallest absolute Gasteiger partial charge is 0.248 e. The van der Waals surface area contributed by atoms with E-state index in [4.69, 9.17) is 5.73 Å². The molecular formula is C12H14N2O. The first-order chi connectivity index (χ1) is 7.18. The van der Waals surface area contributed by atoms with E-state index in [0.29, 0.717) is 5.57 Å². The number of nitrogens with two attached hydrogens (primary N) is 1. The summed E-state index contributed by atoms with van der Waals surface area (Å²) in [5.74, 6) is -0.455. The summed E-state index contributed by atoms with van der Waals surface area (Å²) in [5.41, 5.74) is 8.99. The maximum absolute atomic E-state index is 11.0. The van der Waals surface area contributed by atoms with Gasteiger partial charge in [0.2, 0.25) is 5.91 Å². The Balaban J connectivity index is 2.36. The van der Waals surface area contributed by atoms with Crippen molar-refractivity contribution in [3.05, 3.63) is 41.5 Å². The molecule has 0 saturated carbocycles. The molecule has 1 heterocycles. The van der Waals surface area contributed by atoms with Crippen molar-refractivity contribution in [2.75, 3.05) is 6.54 Å². The van der Waals surface area contributed by atoms with Crippen molar-refractivity contribution in [2.45, 2.75) is 13.0 Å². The van der Waals surface area contributed by atoms with E-state index < -0.39 is 5.91 Å². The fourth-order valence-corrected chi connectivity index (χ4v) is 1.81. The van der Waals surface area contributed by atoms with E-state index in [1.54, 1.807) is 0 Å². The van der Waals surface area contributed by atoms with Gasteiger partial charge in [-0.25, -0.2) is 0 Å². The zero-order valence-electron chi connectivity index (χ0n) is 8.55. The summed E-state index contributed by atoms with van der Waals surface area (Å²) < 4.78 is 0. The zero-order valence-corrected chi connectivity index (χ0v) is 8.55. The number of hydrogen-bond donors (Lipinski definition) is 2. The Morgan fingerprint density at radius 1 is 1.40 bits per heavy atom. The molecule has 0 saturated heterocycles. The average molecular weight is 202 g/mol.